The number of nitrogens with one attached hydrogen (secondary N) is 1. The van der Waals surface area contributed by atoms with Crippen LogP contribution in [0.15, 0.2) is 12.1 Å². The van der Waals surface area contributed by atoms with E-state index in [9.17, 15) is 9.90 Å². The highest BCUT2D eigenvalue weighted by Gasteiger charge is 2.32. The first-order valence-electron chi connectivity index (χ1n) is 11.4. The summed E-state index contributed by atoms with van der Waals surface area (Å²) >= 11 is 0. The van der Waals surface area contributed by atoms with E-state index in [4.69, 9.17) is 0 Å². The third kappa shape index (κ3) is 5.75. The van der Waals surface area contributed by atoms with Gasteiger partial charge in [-0.15, -0.1) is 0 Å². The van der Waals surface area contributed by atoms with Crippen molar-refractivity contribution in [3.63, 3.8) is 0 Å². The second-order valence-electron chi connectivity index (χ2n) is 10.8. The van der Waals surface area contributed by atoms with Crippen LogP contribution >= 0.6 is 0 Å². The fraction of sp³-hybridized carbons (Fsp3) is 0.720. The van der Waals surface area contributed by atoms with Crippen LogP contribution in [-0.2, 0) is 22.2 Å². The van der Waals surface area contributed by atoms with Crippen LogP contribution in [-0.4, -0.2) is 42.1 Å². The summed E-state index contributed by atoms with van der Waals surface area (Å²) in [5, 5.41) is 11.0. The second kappa shape index (κ2) is 9.07. The number of phenols is 1. The topological polar surface area (TPSA) is 45.0 Å². The van der Waals surface area contributed by atoms with Gasteiger partial charge in [-0.1, -0.05) is 41.5 Å². The zero-order valence-electron chi connectivity index (χ0n) is 20.0. The van der Waals surface area contributed by atoms with Gasteiger partial charge in [0.05, 0.1) is 19.0 Å². The first-order valence-corrected chi connectivity index (χ1v) is 11.4. The molecule has 1 aliphatic heterocycles. The van der Waals surface area contributed by atoms with Crippen molar-refractivity contribution in [1.29, 1.82) is 0 Å². The van der Waals surface area contributed by atoms with Gasteiger partial charge in [0.1, 0.15) is 12.3 Å². The minimum Gasteiger partial charge on any atom is -0.507 e. The number of piperidine rings is 1. The van der Waals surface area contributed by atoms with Crippen LogP contribution in [0.3, 0.4) is 0 Å². The SMILES string of the molecule is CCN(CC)C(=O)[C@@H]1CCC[NH+](Cc2cc(C(C)(C)C)c(O)c(C(C)(C)C)c2)C1. The van der Waals surface area contributed by atoms with E-state index in [2.05, 4.69) is 67.5 Å². The lowest BCUT2D eigenvalue weighted by atomic mass is 9.78. The molecule has 1 saturated heterocycles. The van der Waals surface area contributed by atoms with E-state index >= 15 is 0 Å². The third-order valence-electron chi connectivity index (χ3n) is 6.28. The van der Waals surface area contributed by atoms with Crippen LogP contribution in [0.2, 0.25) is 0 Å². The molecule has 1 heterocycles. The Morgan fingerprint density at radius 2 is 1.59 bits per heavy atom. The monoisotopic (exact) mass is 403 g/mol. The molecule has 1 amide bonds. The number of benzene rings is 1. The molecule has 1 aromatic carbocycles. The lowest BCUT2D eigenvalue weighted by molar-refractivity contribution is -0.921. The summed E-state index contributed by atoms with van der Waals surface area (Å²) in [6.07, 6.45) is 2.11. The highest BCUT2D eigenvalue weighted by atomic mass is 16.3. The first kappa shape index (κ1) is 23.7. The van der Waals surface area contributed by atoms with Crippen molar-refractivity contribution in [3.05, 3.63) is 28.8 Å². The van der Waals surface area contributed by atoms with Gasteiger partial charge in [0, 0.05) is 29.8 Å². The molecule has 4 nitrogen and oxygen atoms in total. The Morgan fingerprint density at radius 3 is 2.03 bits per heavy atom. The average Bonchev–Trinajstić information content (AvgIpc) is 2.62. The molecule has 0 aliphatic carbocycles. The molecule has 2 atom stereocenters. The van der Waals surface area contributed by atoms with Crippen LogP contribution in [0.25, 0.3) is 0 Å². The normalized spacial score (nSPS) is 20.6. The molecule has 1 unspecified atom stereocenters. The van der Waals surface area contributed by atoms with Gasteiger partial charge in [0.2, 0.25) is 5.91 Å². The maximum Gasteiger partial charge on any atom is 0.231 e. The molecule has 164 valence electrons. The molecule has 1 fully saturated rings. The van der Waals surface area contributed by atoms with E-state index in [-0.39, 0.29) is 16.7 Å². The molecule has 0 aromatic heterocycles. The molecule has 0 bridgehead atoms. The largest absolute Gasteiger partial charge is 0.507 e. The van der Waals surface area contributed by atoms with E-state index in [1.165, 1.54) is 10.5 Å². The second-order valence-corrected chi connectivity index (χ2v) is 10.8. The fourth-order valence-corrected chi connectivity index (χ4v) is 4.54. The molecule has 0 spiro atoms. The molecule has 29 heavy (non-hydrogen) atoms. The van der Waals surface area contributed by atoms with Gasteiger partial charge in [0.15, 0.2) is 0 Å². The van der Waals surface area contributed by atoms with Crippen molar-refractivity contribution >= 4 is 5.91 Å². The van der Waals surface area contributed by atoms with Gasteiger partial charge < -0.3 is 14.9 Å². The predicted octanol–water partition coefficient (Wildman–Crippen LogP) is 3.65. The van der Waals surface area contributed by atoms with Crippen molar-refractivity contribution in [3.8, 4) is 5.75 Å². The summed E-state index contributed by atoms with van der Waals surface area (Å²) in [4.78, 5) is 16.3. The molecule has 0 saturated carbocycles. The minimum atomic E-state index is -0.113. The van der Waals surface area contributed by atoms with Crippen LogP contribution in [0.1, 0.15) is 84.9 Å². The van der Waals surface area contributed by atoms with Gasteiger partial charge in [-0.2, -0.15) is 0 Å². The number of phenolic OH excluding ortho intramolecular Hbond substituents is 1. The Morgan fingerprint density at radius 1 is 1.07 bits per heavy atom. The summed E-state index contributed by atoms with van der Waals surface area (Å²) in [6.45, 7) is 21.6. The molecule has 0 radical (unpaired) electrons. The van der Waals surface area contributed by atoms with E-state index in [0.717, 1.165) is 56.7 Å². The maximum atomic E-state index is 12.9. The summed E-state index contributed by atoms with van der Waals surface area (Å²) in [5.41, 5.74) is 3.08. The number of carbonyl (C=O) groups is 1. The number of aromatic hydroxyl groups is 1. The zero-order valence-corrected chi connectivity index (χ0v) is 20.0. The van der Waals surface area contributed by atoms with Crippen molar-refractivity contribution in [2.45, 2.75) is 85.6 Å². The Labute approximate surface area is 178 Å². The Bertz CT molecular complexity index is 674. The van der Waals surface area contributed by atoms with Crippen molar-refractivity contribution in [1.82, 2.24) is 4.90 Å². The summed E-state index contributed by atoms with van der Waals surface area (Å²) in [5.74, 6) is 0.903. The van der Waals surface area contributed by atoms with Crippen molar-refractivity contribution in [2.75, 3.05) is 26.2 Å². The zero-order chi connectivity index (χ0) is 22.0. The number of carbonyl (C=O) groups excluding carboxylic acids is 1. The smallest absolute Gasteiger partial charge is 0.231 e. The van der Waals surface area contributed by atoms with E-state index in [1.54, 1.807) is 0 Å². The molecule has 2 rings (SSSR count). The summed E-state index contributed by atoms with van der Waals surface area (Å²) in [6, 6.07) is 4.38. The number of rotatable bonds is 5. The predicted molar refractivity (Wildman–Crippen MR) is 121 cm³/mol. The van der Waals surface area contributed by atoms with Crippen LogP contribution < -0.4 is 4.90 Å². The molecule has 4 heteroatoms. The fourth-order valence-electron chi connectivity index (χ4n) is 4.54. The number of hydrogen-bond donors (Lipinski definition) is 2. The third-order valence-corrected chi connectivity index (χ3v) is 6.28. The maximum absolute atomic E-state index is 12.9. The number of hydrogen-bond acceptors (Lipinski definition) is 2. The lowest BCUT2D eigenvalue weighted by Gasteiger charge is -2.33. The van der Waals surface area contributed by atoms with Gasteiger partial charge >= 0.3 is 0 Å². The first-order chi connectivity index (χ1) is 13.4. The van der Waals surface area contributed by atoms with Gasteiger partial charge in [0.25, 0.3) is 0 Å². The Hall–Kier alpha value is -1.55. The Kier molecular flexibility index (Phi) is 7.42. The van der Waals surface area contributed by atoms with Gasteiger partial charge in [-0.3, -0.25) is 4.79 Å². The average molecular weight is 404 g/mol. The minimum absolute atomic E-state index is 0.113. The molecule has 1 aromatic rings. The van der Waals surface area contributed by atoms with Crippen LogP contribution in [0.4, 0.5) is 0 Å². The molecule has 2 N–H and O–H groups in total. The highest BCUT2D eigenvalue weighted by molar-refractivity contribution is 5.78. The lowest BCUT2D eigenvalue weighted by Crippen LogP contribution is -3.12. The molecule has 1 aliphatic rings. The van der Waals surface area contributed by atoms with E-state index < -0.39 is 0 Å². The summed E-state index contributed by atoms with van der Waals surface area (Å²) in [7, 11) is 0. The van der Waals surface area contributed by atoms with Gasteiger partial charge in [-0.25, -0.2) is 0 Å². The number of quaternary nitrogens is 1. The number of nitrogens with zero attached hydrogens (tertiary/aromatic N) is 1. The molecular formula is C25H43N2O2+. The van der Waals surface area contributed by atoms with Gasteiger partial charge in [-0.05, 0) is 49.7 Å². The van der Waals surface area contributed by atoms with E-state index in [1.807, 2.05) is 4.90 Å². The molecular weight excluding hydrogens is 360 g/mol. The highest BCUT2D eigenvalue weighted by Crippen LogP contribution is 2.39. The van der Waals surface area contributed by atoms with E-state index in [0.29, 0.717) is 11.7 Å². The van der Waals surface area contributed by atoms with Crippen molar-refractivity contribution in [2.24, 2.45) is 5.92 Å². The summed E-state index contributed by atoms with van der Waals surface area (Å²) < 4.78 is 0. The number of amides is 1. The van der Waals surface area contributed by atoms with Crippen LogP contribution in [0.5, 0.6) is 5.75 Å². The Balaban J connectivity index is 2.28. The standard InChI is InChI=1S/C25H42N2O2/c1-9-27(10-2)23(29)19-12-11-13-26(17-19)16-18-14-20(24(3,4)5)22(28)21(15-18)25(6,7)8/h14-15,19,28H,9-13,16-17H2,1-8H3/p+1/t19-/m1/s1. The van der Waals surface area contributed by atoms with Crippen LogP contribution in [0, 0.1) is 5.92 Å². The quantitative estimate of drug-likeness (QED) is 0.788. The van der Waals surface area contributed by atoms with Crippen molar-refractivity contribution < 1.29 is 14.8 Å². The number of likely N-dealkylation sites (tertiary alicyclic amines) is 1.